The van der Waals surface area contributed by atoms with E-state index in [1.54, 1.807) is 0 Å². The topological polar surface area (TPSA) is 44.8 Å². The number of hydrogen-bond acceptors (Lipinski definition) is 4. The van der Waals surface area contributed by atoms with Gasteiger partial charge in [0.1, 0.15) is 29.3 Å². The molecule has 1 fully saturated rings. The van der Waals surface area contributed by atoms with Gasteiger partial charge in [0.25, 0.3) is 0 Å². The van der Waals surface area contributed by atoms with Gasteiger partial charge in [-0.2, -0.15) is 0 Å². The van der Waals surface area contributed by atoms with Crippen LogP contribution in [0.15, 0.2) is 78.9 Å². The molecular weight excluding hydrogens is 444 g/mol. The summed E-state index contributed by atoms with van der Waals surface area (Å²) in [7, 11) is 0. The molecule has 0 aliphatic heterocycles. The highest BCUT2D eigenvalue weighted by Crippen LogP contribution is 2.54. The predicted molar refractivity (Wildman–Crippen MR) is 119 cm³/mol. The first-order chi connectivity index (χ1) is 14.6. The molecule has 0 unspecified atom stereocenters. The van der Waals surface area contributed by atoms with Crippen LogP contribution in [0.4, 0.5) is 0 Å². The van der Waals surface area contributed by atoms with Crippen LogP contribution in [0, 0.1) is 0 Å². The number of ether oxygens (including phenoxy) is 3. The highest BCUT2D eigenvalue weighted by molar-refractivity contribution is 9.09. The number of benzene rings is 3. The summed E-state index contributed by atoms with van der Waals surface area (Å²) in [5.41, 5.74) is 1.19. The van der Waals surface area contributed by atoms with E-state index in [1.807, 2.05) is 85.8 Å². The summed E-state index contributed by atoms with van der Waals surface area (Å²) < 4.78 is 17.1. The molecule has 0 spiro atoms. The lowest BCUT2D eigenvalue weighted by Gasteiger charge is -2.17. The normalized spacial score (nSPS) is 19.7. The number of rotatable bonds is 8. The number of esters is 1. The number of alkyl halides is 1. The van der Waals surface area contributed by atoms with E-state index in [0.29, 0.717) is 12.4 Å². The molecule has 4 rings (SSSR count). The predicted octanol–water partition coefficient (Wildman–Crippen LogP) is 6.03. The number of hydrogen-bond donors (Lipinski definition) is 0. The summed E-state index contributed by atoms with van der Waals surface area (Å²) in [5.74, 6) is 2.05. The molecule has 0 N–H and O–H groups in total. The van der Waals surface area contributed by atoms with Gasteiger partial charge >= 0.3 is 5.97 Å². The van der Waals surface area contributed by atoms with Crippen LogP contribution in [0.3, 0.4) is 0 Å². The SMILES string of the molecule is CCOc1ccc([C@@]2(C(=O)OCc3cccc(Oc4ccccc4)c3)C[C@H]2Br)cc1. The summed E-state index contributed by atoms with van der Waals surface area (Å²) in [6.07, 6.45) is 0.719. The molecule has 3 aromatic rings. The highest BCUT2D eigenvalue weighted by atomic mass is 79.9. The smallest absolute Gasteiger partial charge is 0.318 e. The van der Waals surface area contributed by atoms with Crippen LogP contribution in [-0.4, -0.2) is 17.4 Å². The molecule has 1 aliphatic rings. The Balaban J connectivity index is 1.42. The van der Waals surface area contributed by atoms with Crippen molar-refractivity contribution in [2.24, 2.45) is 0 Å². The molecular formula is C25H23BrO4. The summed E-state index contributed by atoms with van der Waals surface area (Å²) in [5, 5.41) is 0. The average molecular weight is 467 g/mol. The van der Waals surface area contributed by atoms with E-state index in [2.05, 4.69) is 15.9 Å². The first kappa shape index (κ1) is 20.5. The van der Waals surface area contributed by atoms with Crippen molar-refractivity contribution in [3.05, 3.63) is 90.0 Å². The molecule has 0 aromatic heterocycles. The van der Waals surface area contributed by atoms with Gasteiger partial charge in [-0.15, -0.1) is 0 Å². The summed E-state index contributed by atoms with van der Waals surface area (Å²) in [6, 6.07) is 24.9. The van der Waals surface area contributed by atoms with Crippen molar-refractivity contribution < 1.29 is 19.0 Å². The van der Waals surface area contributed by atoms with Crippen molar-refractivity contribution in [3.8, 4) is 17.2 Å². The Kier molecular flexibility index (Phi) is 6.09. The Morgan fingerprint density at radius 1 is 0.967 bits per heavy atom. The van der Waals surface area contributed by atoms with Gasteiger partial charge in [-0.05, 0) is 60.9 Å². The Hall–Kier alpha value is -2.79. The lowest BCUT2D eigenvalue weighted by Crippen LogP contribution is -2.25. The lowest BCUT2D eigenvalue weighted by atomic mass is 9.96. The maximum atomic E-state index is 13.0. The quantitative estimate of drug-likeness (QED) is 0.300. The fourth-order valence-electron chi connectivity index (χ4n) is 3.47. The van der Waals surface area contributed by atoms with E-state index in [1.165, 1.54) is 0 Å². The molecule has 0 saturated heterocycles. The Morgan fingerprint density at radius 2 is 1.67 bits per heavy atom. The number of halogens is 1. The minimum Gasteiger partial charge on any atom is -0.494 e. The molecule has 0 heterocycles. The van der Waals surface area contributed by atoms with Crippen molar-refractivity contribution >= 4 is 21.9 Å². The zero-order valence-electron chi connectivity index (χ0n) is 16.7. The second-order valence-corrected chi connectivity index (χ2v) is 8.34. The monoisotopic (exact) mass is 466 g/mol. The molecule has 2 atom stereocenters. The van der Waals surface area contributed by atoms with E-state index in [4.69, 9.17) is 14.2 Å². The van der Waals surface area contributed by atoms with Gasteiger partial charge in [-0.25, -0.2) is 0 Å². The molecule has 154 valence electrons. The Labute approximate surface area is 184 Å². The summed E-state index contributed by atoms with van der Waals surface area (Å²) in [6.45, 7) is 2.76. The van der Waals surface area contributed by atoms with Gasteiger partial charge in [-0.3, -0.25) is 4.79 Å². The van der Waals surface area contributed by atoms with Gasteiger partial charge in [0.2, 0.25) is 0 Å². The Morgan fingerprint density at radius 3 is 2.33 bits per heavy atom. The number of carbonyl (C=O) groups excluding carboxylic acids is 1. The van der Waals surface area contributed by atoms with Gasteiger partial charge in [-0.1, -0.05) is 58.4 Å². The van der Waals surface area contributed by atoms with Crippen molar-refractivity contribution in [1.29, 1.82) is 0 Å². The van der Waals surface area contributed by atoms with Gasteiger partial charge in [0, 0.05) is 4.83 Å². The van der Waals surface area contributed by atoms with E-state index in [-0.39, 0.29) is 17.4 Å². The van der Waals surface area contributed by atoms with Crippen LogP contribution in [0.5, 0.6) is 17.2 Å². The van der Waals surface area contributed by atoms with Crippen LogP contribution in [-0.2, 0) is 21.6 Å². The Bertz CT molecular complexity index is 1000. The molecule has 0 bridgehead atoms. The van der Waals surface area contributed by atoms with E-state index >= 15 is 0 Å². The third-order valence-corrected chi connectivity index (χ3v) is 6.27. The fraction of sp³-hybridized carbons (Fsp3) is 0.240. The molecule has 1 saturated carbocycles. The van der Waals surface area contributed by atoms with Gasteiger partial charge < -0.3 is 14.2 Å². The maximum Gasteiger partial charge on any atom is 0.318 e. The van der Waals surface area contributed by atoms with E-state index in [0.717, 1.165) is 29.0 Å². The molecule has 0 amide bonds. The van der Waals surface area contributed by atoms with Crippen molar-refractivity contribution in [2.75, 3.05) is 6.61 Å². The third-order valence-electron chi connectivity index (χ3n) is 5.17. The molecule has 5 heteroatoms. The van der Waals surface area contributed by atoms with Crippen molar-refractivity contribution in [1.82, 2.24) is 0 Å². The zero-order chi connectivity index (χ0) is 21.0. The molecule has 4 nitrogen and oxygen atoms in total. The first-order valence-electron chi connectivity index (χ1n) is 9.98. The zero-order valence-corrected chi connectivity index (χ0v) is 18.3. The molecule has 30 heavy (non-hydrogen) atoms. The van der Waals surface area contributed by atoms with Crippen molar-refractivity contribution in [3.63, 3.8) is 0 Å². The van der Waals surface area contributed by atoms with Crippen LogP contribution in [0.1, 0.15) is 24.5 Å². The average Bonchev–Trinajstić information content (AvgIpc) is 3.46. The number of carbonyl (C=O) groups is 1. The standard InChI is InChI=1S/C25H23BrO4/c1-2-28-20-13-11-19(12-14-20)25(16-23(25)26)24(27)29-17-18-7-6-10-22(15-18)30-21-8-4-3-5-9-21/h3-15,23H,2,16-17H2,1H3/t23-,25+/m1/s1. The maximum absolute atomic E-state index is 13.0. The van der Waals surface area contributed by atoms with Crippen molar-refractivity contribution in [2.45, 2.75) is 30.2 Å². The van der Waals surface area contributed by atoms with Crippen LogP contribution < -0.4 is 9.47 Å². The van der Waals surface area contributed by atoms with E-state index in [9.17, 15) is 4.79 Å². The van der Waals surface area contributed by atoms with Crippen LogP contribution in [0.2, 0.25) is 0 Å². The molecule has 0 radical (unpaired) electrons. The fourth-order valence-corrected chi connectivity index (χ4v) is 4.43. The summed E-state index contributed by atoms with van der Waals surface area (Å²) in [4.78, 5) is 13.1. The minimum absolute atomic E-state index is 0.0724. The van der Waals surface area contributed by atoms with Crippen LogP contribution >= 0.6 is 15.9 Å². The number of para-hydroxylation sites is 1. The van der Waals surface area contributed by atoms with Crippen LogP contribution in [0.25, 0.3) is 0 Å². The lowest BCUT2D eigenvalue weighted by molar-refractivity contribution is -0.148. The molecule has 1 aliphatic carbocycles. The van der Waals surface area contributed by atoms with Gasteiger partial charge in [0.15, 0.2) is 0 Å². The first-order valence-corrected chi connectivity index (χ1v) is 10.9. The molecule has 3 aromatic carbocycles. The highest BCUT2D eigenvalue weighted by Gasteiger charge is 2.61. The third kappa shape index (κ3) is 4.36. The minimum atomic E-state index is -0.636. The summed E-state index contributed by atoms with van der Waals surface area (Å²) >= 11 is 3.62. The largest absolute Gasteiger partial charge is 0.494 e. The van der Waals surface area contributed by atoms with Gasteiger partial charge in [0.05, 0.1) is 6.61 Å². The second-order valence-electron chi connectivity index (χ2n) is 7.24. The van der Waals surface area contributed by atoms with E-state index < -0.39 is 5.41 Å². The second kappa shape index (κ2) is 8.92.